The zero-order chi connectivity index (χ0) is 15.2. The maximum Gasteiger partial charge on any atom is 0.257 e. The van der Waals surface area contributed by atoms with Gasteiger partial charge in [0.25, 0.3) is 5.91 Å². The molecule has 0 aromatic heterocycles. The van der Waals surface area contributed by atoms with Gasteiger partial charge in [0, 0.05) is 11.6 Å². The van der Waals surface area contributed by atoms with Crippen molar-refractivity contribution < 1.29 is 17.9 Å². The predicted octanol–water partition coefficient (Wildman–Crippen LogP) is 1.95. The predicted molar refractivity (Wildman–Crippen MR) is 78.8 cm³/mol. The molecule has 0 aliphatic rings. The van der Waals surface area contributed by atoms with E-state index < -0.39 is 15.9 Å². The molecule has 1 atom stereocenters. The lowest BCUT2D eigenvalue weighted by atomic mass is 10.2. The van der Waals surface area contributed by atoms with Gasteiger partial charge in [-0.25, -0.2) is 13.1 Å². The molecule has 6 heteroatoms. The van der Waals surface area contributed by atoms with Gasteiger partial charge in [0.15, 0.2) is 0 Å². The van der Waals surface area contributed by atoms with Gasteiger partial charge >= 0.3 is 0 Å². The van der Waals surface area contributed by atoms with Crippen LogP contribution in [0.4, 0.5) is 0 Å². The van der Waals surface area contributed by atoms with Gasteiger partial charge < -0.3 is 4.74 Å². The van der Waals surface area contributed by atoms with Crippen LogP contribution in [0.25, 0.3) is 6.08 Å². The van der Waals surface area contributed by atoms with Crippen LogP contribution in [0, 0.1) is 0 Å². The number of sulfonamides is 1. The number of hydrogen-bond acceptors (Lipinski definition) is 4. The molecule has 0 saturated heterocycles. The Bertz CT molecular complexity index is 593. The summed E-state index contributed by atoms with van der Waals surface area (Å²) in [6.45, 7) is 3.97. The largest absolute Gasteiger partial charge is 0.490 e. The van der Waals surface area contributed by atoms with Gasteiger partial charge in [-0.05, 0) is 25.5 Å². The first-order chi connectivity index (χ1) is 9.31. The SMILES string of the molecule is CC[C@H](C)Oc1ccccc1/C=C/C(=O)NS(C)(=O)=O. The van der Waals surface area contributed by atoms with Crippen LogP contribution in [0.1, 0.15) is 25.8 Å². The van der Waals surface area contributed by atoms with Gasteiger partial charge in [0.2, 0.25) is 10.0 Å². The van der Waals surface area contributed by atoms with Crippen LogP contribution in [0.2, 0.25) is 0 Å². The number of nitrogens with one attached hydrogen (secondary N) is 1. The molecule has 0 fully saturated rings. The Morgan fingerprint density at radius 1 is 1.40 bits per heavy atom. The quantitative estimate of drug-likeness (QED) is 0.815. The summed E-state index contributed by atoms with van der Waals surface area (Å²) in [5.74, 6) is -0.0314. The van der Waals surface area contributed by atoms with E-state index in [1.54, 1.807) is 12.1 Å². The summed E-state index contributed by atoms with van der Waals surface area (Å²) in [5.41, 5.74) is 0.719. The van der Waals surface area contributed by atoms with Gasteiger partial charge in [0.05, 0.1) is 12.4 Å². The molecule has 1 aromatic carbocycles. The normalized spacial score (nSPS) is 13.2. The molecule has 0 radical (unpaired) electrons. The highest BCUT2D eigenvalue weighted by Crippen LogP contribution is 2.21. The lowest BCUT2D eigenvalue weighted by molar-refractivity contribution is -0.114. The van der Waals surface area contributed by atoms with E-state index in [9.17, 15) is 13.2 Å². The Morgan fingerprint density at radius 2 is 2.05 bits per heavy atom. The first-order valence-electron chi connectivity index (χ1n) is 6.27. The number of carbonyl (C=O) groups excluding carboxylic acids is 1. The second-order valence-electron chi connectivity index (χ2n) is 4.45. The van der Waals surface area contributed by atoms with Crippen molar-refractivity contribution in [2.75, 3.05) is 6.26 Å². The molecule has 1 amide bonds. The van der Waals surface area contributed by atoms with Crippen molar-refractivity contribution >= 4 is 22.0 Å². The summed E-state index contributed by atoms with van der Waals surface area (Å²) < 4.78 is 29.4. The molecule has 1 rings (SSSR count). The Hall–Kier alpha value is -1.82. The van der Waals surface area contributed by atoms with Gasteiger partial charge in [-0.3, -0.25) is 4.79 Å². The van der Waals surface area contributed by atoms with Crippen LogP contribution >= 0.6 is 0 Å². The fourth-order valence-electron chi connectivity index (χ4n) is 1.41. The van der Waals surface area contributed by atoms with E-state index in [4.69, 9.17) is 4.74 Å². The van der Waals surface area contributed by atoms with Gasteiger partial charge in [0.1, 0.15) is 5.75 Å². The maximum absolute atomic E-state index is 11.4. The monoisotopic (exact) mass is 297 g/mol. The molecule has 0 heterocycles. The Morgan fingerprint density at radius 3 is 2.65 bits per heavy atom. The molecule has 0 bridgehead atoms. The summed E-state index contributed by atoms with van der Waals surface area (Å²) in [4.78, 5) is 11.4. The average Bonchev–Trinajstić information content (AvgIpc) is 2.35. The van der Waals surface area contributed by atoms with E-state index >= 15 is 0 Å². The Labute approximate surface area is 119 Å². The van der Waals surface area contributed by atoms with Crippen LogP contribution in [-0.4, -0.2) is 26.7 Å². The molecular formula is C14H19NO4S. The molecule has 5 nitrogen and oxygen atoms in total. The van der Waals surface area contributed by atoms with Crippen molar-refractivity contribution in [1.82, 2.24) is 4.72 Å². The van der Waals surface area contributed by atoms with E-state index in [0.717, 1.165) is 18.2 Å². The molecule has 0 aliphatic carbocycles. The van der Waals surface area contributed by atoms with Crippen molar-refractivity contribution in [2.24, 2.45) is 0 Å². The number of para-hydroxylation sites is 1. The minimum absolute atomic E-state index is 0.0643. The third-order valence-electron chi connectivity index (χ3n) is 2.52. The zero-order valence-electron chi connectivity index (χ0n) is 11.8. The first kappa shape index (κ1) is 16.2. The number of benzene rings is 1. The fraction of sp³-hybridized carbons (Fsp3) is 0.357. The second kappa shape index (κ2) is 7.09. The lowest BCUT2D eigenvalue weighted by Gasteiger charge is -2.14. The molecule has 1 aromatic rings. The van der Waals surface area contributed by atoms with E-state index in [1.165, 1.54) is 12.2 Å². The average molecular weight is 297 g/mol. The number of carbonyl (C=O) groups is 1. The number of hydrogen-bond donors (Lipinski definition) is 1. The van der Waals surface area contributed by atoms with Crippen LogP contribution < -0.4 is 9.46 Å². The number of rotatable bonds is 6. The van der Waals surface area contributed by atoms with E-state index in [0.29, 0.717) is 5.75 Å². The zero-order valence-corrected chi connectivity index (χ0v) is 12.6. The minimum atomic E-state index is -3.54. The molecule has 110 valence electrons. The van der Waals surface area contributed by atoms with E-state index in [-0.39, 0.29) is 6.10 Å². The highest BCUT2D eigenvalue weighted by Gasteiger charge is 2.07. The minimum Gasteiger partial charge on any atom is -0.490 e. The van der Waals surface area contributed by atoms with Crippen LogP contribution in [0.5, 0.6) is 5.75 Å². The first-order valence-corrected chi connectivity index (χ1v) is 8.16. The van der Waals surface area contributed by atoms with Crippen molar-refractivity contribution in [3.05, 3.63) is 35.9 Å². The van der Waals surface area contributed by atoms with Crippen molar-refractivity contribution in [1.29, 1.82) is 0 Å². The summed E-state index contributed by atoms with van der Waals surface area (Å²) in [6, 6.07) is 7.26. The van der Waals surface area contributed by atoms with Crippen LogP contribution in [-0.2, 0) is 14.8 Å². The standard InChI is InChI=1S/C14H19NO4S/c1-4-11(2)19-13-8-6-5-7-12(13)9-10-14(16)15-20(3,17)18/h5-11H,4H2,1-3H3,(H,15,16)/b10-9+/t11-/m0/s1. The van der Waals surface area contributed by atoms with Gasteiger partial charge in [-0.15, -0.1) is 0 Å². The smallest absolute Gasteiger partial charge is 0.257 e. The Kier molecular flexibility index (Phi) is 5.76. The molecule has 0 spiro atoms. The van der Waals surface area contributed by atoms with Crippen molar-refractivity contribution in [3.8, 4) is 5.75 Å². The maximum atomic E-state index is 11.4. The topological polar surface area (TPSA) is 72.5 Å². The van der Waals surface area contributed by atoms with Crippen molar-refractivity contribution in [3.63, 3.8) is 0 Å². The summed E-state index contributed by atoms with van der Waals surface area (Å²) >= 11 is 0. The molecule has 0 saturated carbocycles. The van der Waals surface area contributed by atoms with E-state index in [2.05, 4.69) is 0 Å². The number of amides is 1. The van der Waals surface area contributed by atoms with Crippen LogP contribution in [0.15, 0.2) is 30.3 Å². The van der Waals surface area contributed by atoms with Crippen LogP contribution in [0.3, 0.4) is 0 Å². The fourth-order valence-corrected chi connectivity index (χ4v) is 1.84. The Balaban J connectivity index is 2.84. The molecule has 0 unspecified atom stereocenters. The molecule has 1 N–H and O–H groups in total. The third-order valence-corrected chi connectivity index (χ3v) is 3.09. The highest BCUT2D eigenvalue weighted by molar-refractivity contribution is 7.89. The van der Waals surface area contributed by atoms with Gasteiger partial charge in [-0.2, -0.15) is 0 Å². The van der Waals surface area contributed by atoms with E-state index in [1.807, 2.05) is 30.7 Å². The summed E-state index contributed by atoms with van der Waals surface area (Å²) in [7, 11) is -3.54. The van der Waals surface area contributed by atoms with Gasteiger partial charge in [-0.1, -0.05) is 25.1 Å². The second-order valence-corrected chi connectivity index (χ2v) is 6.19. The molecule has 0 aliphatic heterocycles. The molecular weight excluding hydrogens is 278 g/mol. The molecule has 20 heavy (non-hydrogen) atoms. The lowest BCUT2D eigenvalue weighted by Crippen LogP contribution is -2.27. The summed E-state index contributed by atoms with van der Waals surface area (Å²) in [6.07, 6.45) is 4.55. The number of ether oxygens (including phenoxy) is 1. The summed E-state index contributed by atoms with van der Waals surface area (Å²) in [5, 5.41) is 0. The third kappa shape index (κ3) is 5.88. The van der Waals surface area contributed by atoms with Crippen molar-refractivity contribution in [2.45, 2.75) is 26.4 Å². The highest BCUT2D eigenvalue weighted by atomic mass is 32.2.